The lowest BCUT2D eigenvalue weighted by molar-refractivity contribution is 0.0697. The molecule has 3 rings (SSSR count). The molecule has 0 unspecified atom stereocenters. The highest BCUT2D eigenvalue weighted by atomic mass is 16.5. The molecule has 0 bridgehead atoms. The van der Waals surface area contributed by atoms with Gasteiger partial charge in [-0.1, -0.05) is 12.1 Å². The van der Waals surface area contributed by atoms with E-state index in [-0.39, 0.29) is 5.56 Å². The quantitative estimate of drug-likeness (QED) is 0.939. The molecule has 0 saturated heterocycles. The Morgan fingerprint density at radius 2 is 2.04 bits per heavy atom. The topological polar surface area (TPSA) is 70.3 Å². The van der Waals surface area contributed by atoms with E-state index in [2.05, 4.69) is 12.1 Å². The highest BCUT2D eigenvalue weighted by molar-refractivity contribution is 5.92. The van der Waals surface area contributed by atoms with E-state index in [0.717, 1.165) is 35.1 Å². The fraction of sp³-hybridized carbons (Fsp3) is 0.158. The third-order valence-corrected chi connectivity index (χ3v) is 4.03. The first-order valence-electron chi connectivity index (χ1n) is 7.29. The first-order valence-corrected chi connectivity index (χ1v) is 7.29. The van der Waals surface area contributed by atoms with E-state index in [1.807, 2.05) is 12.1 Å². The van der Waals surface area contributed by atoms with E-state index in [0.29, 0.717) is 11.3 Å². The molecule has 4 nitrogen and oxygen atoms in total. The maximum Gasteiger partial charge on any atom is 0.335 e. The third-order valence-electron chi connectivity index (χ3n) is 4.03. The van der Waals surface area contributed by atoms with E-state index in [1.165, 1.54) is 0 Å². The number of ether oxygens (including phenoxy) is 1. The number of hydrogen-bond donors (Lipinski definition) is 1. The number of methoxy groups -OCH3 is 1. The van der Waals surface area contributed by atoms with E-state index < -0.39 is 5.97 Å². The van der Waals surface area contributed by atoms with Gasteiger partial charge in [-0.2, -0.15) is 5.26 Å². The van der Waals surface area contributed by atoms with Crippen molar-refractivity contribution in [2.75, 3.05) is 7.11 Å². The predicted molar refractivity (Wildman–Crippen MR) is 86.5 cm³/mol. The summed E-state index contributed by atoms with van der Waals surface area (Å²) >= 11 is 0. The summed E-state index contributed by atoms with van der Waals surface area (Å²) in [6.45, 7) is 0. The molecular weight excluding hydrogens is 290 g/mol. The number of nitrogens with zero attached hydrogens (tertiary/aromatic N) is 1. The van der Waals surface area contributed by atoms with Crippen molar-refractivity contribution in [1.29, 1.82) is 5.26 Å². The molecule has 0 saturated carbocycles. The van der Waals surface area contributed by atoms with Crippen molar-refractivity contribution in [2.45, 2.75) is 12.8 Å². The third kappa shape index (κ3) is 2.69. The van der Waals surface area contributed by atoms with Crippen molar-refractivity contribution >= 4 is 11.5 Å². The number of fused-ring (bicyclic) bond motifs is 1. The molecule has 2 aromatic carbocycles. The average molecular weight is 305 g/mol. The number of aryl methyl sites for hydroxylation is 1. The summed E-state index contributed by atoms with van der Waals surface area (Å²) in [7, 11) is 1.57. The van der Waals surface area contributed by atoms with Gasteiger partial charge in [0.1, 0.15) is 5.75 Å². The van der Waals surface area contributed by atoms with E-state index in [4.69, 9.17) is 10.00 Å². The van der Waals surface area contributed by atoms with Crippen molar-refractivity contribution in [3.63, 3.8) is 0 Å². The Kier molecular flexibility index (Phi) is 3.86. The molecule has 0 aromatic heterocycles. The fourth-order valence-corrected chi connectivity index (χ4v) is 2.90. The number of carbonyl (C=O) groups is 1. The minimum Gasteiger partial charge on any atom is -0.496 e. The summed E-state index contributed by atoms with van der Waals surface area (Å²) in [5, 5.41) is 18.3. The van der Waals surface area contributed by atoms with Crippen molar-refractivity contribution in [1.82, 2.24) is 0 Å². The van der Waals surface area contributed by atoms with Crippen molar-refractivity contribution in [3.8, 4) is 11.8 Å². The molecule has 1 aliphatic carbocycles. The van der Waals surface area contributed by atoms with Crippen LogP contribution in [0.15, 0.2) is 42.5 Å². The van der Waals surface area contributed by atoms with Gasteiger partial charge in [0, 0.05) is 5.56 Å². The second kappa shape index (κ2) is 5.98. The Balaban J connectivity index is 2.16. The van der Waals surface area contributed by atoms with Crippen LogP contribution in [0.1, 0.15) is 39.0 Å². The zero-order valence-corrected chi connectivity index (χ0v) is 12.7. The molecule has 0 atom stereocenters. The molecule has 2 aromatic rings. The van der Waals surface area contributed by atoms with E-state index in [9.17, 15) is 9.90 Å². The second-order valence-electron chi connectivity index (χ2n) is 5.36. The van der Waals surface area contributed by atoms with Crippen molar-refractivity contribution in [3.05, 3.63) is 70.3 Å². The number of carboxylic acids is 1. The Morgan fingerprint density at radius 3 is 2.74 bits per heavy atom. The Hall–Kier alpha value is -3.06. The number of hydrogen-bond acceptors (Lipinski definition) is 3. The van der Waals surface area contributed by atoms with E-state index in [1.54, 1.807) is 31.4 Å². The van der Waals surface area contributed by atoms with Crippen LogP contribution in [0.2, 0.25) is 0 Å². The number of rotatable bonds is 3. The minimum absolute atomic E-state index is 0.268. The summed E-state index contributed by atoms with van der Waals surface area (Å²) < 4.78 is 5.43. The van der Waals surface area contributed by atoms with Gasteiger partial charge in [-0.3, -0.25) is 0 Å². The minimum atomic E-state index is -0.940. The largest absolute Gasteiger partial charge is 0.496 e. The maximum absolute atomic E-state index is 11.3. The van der Waals surface area contributed by atoms with Crippen LogP contribution >= 0.6 is 0 Å². The van der Waals surface area contributed by atoms with Crippen LogP contribution in [0.4, 0.5) is 0 Å². The van der Waals surface area contributed by atoms with Gasteiger partial charge in [-0.05, 0) is 59.9 Å². The smallest absolute Gasteiger partial charge is 0.335 e. The zero-order chi connectivity index (χ0) is 16.4. The summed E-state index contributed by atoms with van der Waals surface area (Å²) in [6.07, 6.45) is 3.87. The molecule has 0 heterocycles. The molecule has 0 aliphatic heterocycles. The van der Waals surface area contributed by atoms with Gasteiger partial charge < -0.3 is 9.84 Å². The molecule has 114 valence electrons. The van der Waals surface area contributed by atoms with E-state index >= 15 is 0 Å². The van der Waals surface area contributed by atoms with Crippen molar-refractivity contribution < 1.29 is 14.6 Å². The molecule has 4 heteroatoms. The second-order valence-corrected chi connectivity index (χ2v) is 5.36. The standard InChI is InChI=1S/C19H15NO3/c1-23-18-9-12(11-20)5-8-16(18)15-4-2-3-13-6-7-14(19(21)22)10-17(13)15/h4-10H,2-3H2,1H3,(H,21,22). The lowest BCUT2D eigenvalue weighted by Gasteiger charge is -2.20. The Labute approximate surface area is 134 Å². The summed E-state index contributed by atoms with van der Waals surface area (Å²) in [6, 6.07) is 12.6. The van der Waals surface area contributed by atoms with Crippen LogP contribution in [0, 0.1) is 11.3 Å². The SMILES string of the molecule is COc1cc(C#N)ccc1C1=CCCc2ccc(C(=O)O)cc21. The maximum atomic E-state index is 11.3. The van der Waals surface area contributed by atoms with Crippen LogP contribution in [0.25, 0.3) is 5.57 Å². The Morgan fingerprint density at radius 1 is 1.22 bits per heavy atom. The predicted octanol–water partition coefficient (Wildman–Crippen LogP) is 3.64. The number of allylic oxidation sites excluding steroid dienone is 1. The van der Waals surface area contributed by atoms with Crippen LogP contribution in [-0.2, 0) is 6.42 Å². The molecule has 0 fully saturated rings. The lowest BCUT2D eigenvalue weighted by Crippen LogP contribution is -2.05. The van der Waals surface area contributed by atoms with Crippen LogP contribution < -0.4 is 4.74 Å². The first-order chi connectivity index (χ1) is 11.1. The van der Waals surface area contributed by atoms with Gasteiger partial charge >= 0.3 is 5.97 Å². The lowest BCUT2D eigenvalue weighted by atomic mass is 9.85. The van der Waals surface area contributed by atoms with Crippen LogP contribution in [-0.4, -0.2) is 18.2 Å². The molecular formula is C19H15NO3. The molecule has 1 aliphatic rings. The van der Waals surface area contributed by atoms with Gasteiger partial charge in [0.15, 0.2) is 0 Å². The molecule has 0 spiro atoms. The highest BCUT2D eigenvalue weighted by Crippen LogP contribution is 2.37. The molecule has 23 heavy (non-hydrogen) atoms. The Bertz CT molecular complexity index is 859. The van der Waals surface area contributed by atoms with Crippen LogP contribution in [0.5, 0.6) is 5.75 Å². The molecule has 0 amide bonds. The van der Waals surface area contributed by atoms with Gasteiger partial charge in [-0.25, -0.2) is 4.79 Å². The first kappa shape index (κ1) is 14.9. The summed E-state index contributed by atoms with van der Waals surface area (Å²) in [5.74, 6) is -0.326. The number of nitriles is 1. The number of carboxylic acid groups (broad SMARTS) is 1. The normalized spacial score (nSPS) is 12.8. The summed E-state index contributed by atoms with van der Waals surface area (Å²) in [4.78, 5) is 11.3. The monoisotopic (exact) mass is 305 g/mol. The highest BCUT2D eigenvalue weighted by Gasteiger charge is 2.19. The zero-order valence-electron chi connectivity index (χ0n) is 12.7. The van der Waals surface area contributed by atoms with Gasteiger partial charge in [0.05, 0.1) is 24.3 Å². The van der Waals surface area contributed by atoms with Gasteiger partial charge in [0.2, 0.25) is 0 Å². The number of benzene rings is 2. The number of aromatic carboxylic acids is 1. The molecule has 0 radical (unpaired) electrons. The van der Waals surface area contributed by atoms with Gasteiger partial charge in [-0.15, -0.1) is 0 Å². The summed E-state index contributed by atoms with van der Waals surface area (Å²) in [5.41, 5.74) is 4.66. The molecule has 1 N–H and O–H groups in total. The fourth-order valence-electron chi connectivity index (χ4n) is 2.90. The average Bonchev–Trinajstić information content (AvgIpc) is 2.60. The van der Waals surface area contributed by atoms with Crippen molar-refractivity contribution in [2.24, 2.45) is 0 Å². The van der Waals surface area contributed by atoms with Crippen LogP contribution in [0.3, 0.4) is 0 Å². The van der Waals surface area contributed by atoms with Gasteiger partial charge in [0.25, 0.3) is 0 Å².